The summed E-state index contributed by atoms with van der Waals surface area (Å²) in [6.07, 6.45) is 0. The van der Waals surface area contributed by atoms with E-state index in [-0.39, 0.29) is 10.6 Å². The van der Waals surface area contributed by atoms with Crippen LogP contribution in [0.3, 0.4) is 0 Å². The van der Waals surface area contributed by atoms with E-state index < -0.39 is 15.8 Å². The predicted molar refractivity (Wildman–Crippen MR) is 78.0 cm³/mol. The molecular weight excluding hydrogens is 384 g/mol. The largest absolute Gasteiger partial charge is 0.508 e. The van der Waals surface area contributed by atoms with Crippen molar-refractivity contribution in [1.29, 1.82) is 0 Å². The van der Waals surface area contributed by atoms with Gasteiger partial charge in [0.1, 0.15) is 11.6 Å². The van der Waals surface area contributed by atoms with E-state index in [1.165, 1.54) is 42.5 Å². The Bertz CT molecular complexity index is 701. The lowest BCUT2D eigenvalue weighted by Gasteiger charge is -2.09. The molecule has 0 aromatic heterocycles. The van der Waals surface area contributed by atoms with Crippen LogP contribution in [0.5, 0.6) is 5.75 Å². The quantitative estimate of drug-likeness (QED) is 0.789. The van der Waals surface area contributed by atoms with Gasteiger partial charge in [0.25, 0.3) is 10.0 Å². The van der Waals surface area contributed by atoms with Crippen LogP contribution >= 0.6 is 22.6 Å². The molecule has 0 aliphatic rings. The van der Waals surface area contributed by atoms with Crippen molar-refractivity contribution in [3.05, 3.63) is 51.9 Å². The molecule has 0 heterocycles. The van der Waals surface area contributed by atoms with Crippen LogP contribution < -0.4 is 4.72 Å². The van der Waals surface area contributed by atoms with E-state index >= 15 is 0 Å². The maximum Gasteiger partial charge on any atom is 0.261 e. The van der Waals surface area contributed by atoms with Crippen molar-refractivity contribution >= 4 is 38.3 Å². The highest BCUT2D eigenvalue weighted by Gasteiger charge is 2.15. The van der Waals surface area contributed by atoms with Crippen molar-refractivity contribution in [2.24, 2.45) is 0 Å². The molecule has 0 radical (unpaired) electrons. The molecule has 0 aliphatic carbocycles. The molecule has 0 aliphatic heterocycles. The molecule has 100 valence electrons. The first-order chi connectivity index (χ1) is 8.88. The zero-order valence-electron chi connectivity index (χ0n) is 9.47. The van der Waals surface area contributed by atoms with Gasteiger partial charge in [-0.25, -0.2) is 12.8 Å². The van der Waals surface area contributed by atoms with Gasteiger partial charge in [0.2, 0.25) is 0 Å². The topological polar surface area (TPSA) is 66.4 Å². The SMILES string of the molecule is O=S(=O)(Nc1ccc(F)cc1I)c1ccc(O)cc1. The summed E-state index contributed by atoms with van der Waals surface area (Å²) in [5.74, 6) is -0.452. The predicted octanol–water partition coefficient (Wildman–Crippen LogP) is 2.94. The molecule has 2 N–H and O–H groups in total. The molecule has 19 heavy (non-hydrogen) atoms. The van der Waals surface area contributed by atoms with Gasteiger partial charge in [0.05, 0.1) is 10.6 Å². The number of rotatable bonds is 3. The van der Waals surface area contributed by atoms with Gasteiger partial charge < -0.3 is 5.11 Å². The molecule has 0 bridgehead atoms. The van der Waals surface area contributed by atoms with Gasteiger partial charge in [-0.05, 0) is 65.1 Å². The maximum atomic E-state index is 12.9. The van der Waals surface area contributed by atoms with E-state index in [4.69, 9.17) is 5.11 Å². The third-order valence-electron chi connectivity index (χ3n) is 2.32. The van der Waals surface area contributed by atoms with Crippen molar-refractivity contribution in [3.63, 3.8) is 0 Å². The lowest BCUT2D eigenvalue weighted by molar-refractivity contribution is 0.475. The van der Waals surface area contributed by atoms with Gasteiger partial charge in [-0.2, -0.15) is 0 Å². The number of nitrogens with one attached hydrogen (secondary N) is 1. The van der Waals surface area contributed by atoms with Crippen LogP contribution in [0.4, 0.5) is 10.1 Å². The van der Waals surface area contributed by atoms with Crippen LogP contribution in [-0.2, 0) is 10.0 Å². The van der Waals surface area contributed by atoms with E-state index in [0.29, 0.717) is 9.26 Å². The van der Waals surface area contributed by atoms with Gasteiger partial charge in [-0.3, -0.25) is 4.72 Å². The Morgan fingerprint density at radius 3 is 2.32 bits per heavy atom. The second kappa shape index (κ2) is 5.33. The van der Waals surface area contributed by atoms with E-state index in [1.807, 2.05) is 22.6 Å². The molecule has 0 atom stereocenters. The monoisotopic (exact) mass is 393 g/mol. The molecule has 0 saturated heterocycles. The average Bonchev–Trinajstić information content (AvgIpc) is 2.33. The summed E-state index contributed by atoms with van der Waals surface area (Å²) in [6, 6.07) is 8.90. The number of anilines is 1. The van der Waals surface area contributed by atoms with E-state index in [2.05, 4.69) is 4.72 Å². The fourth-order valence-electron chi connectivity index (χ4n) is 1.40. The van der Waals surface area contributed by atoms with Gasteiger partial charge in [0.15, 0.2) is 0 Å². The standard InChI is InChI=1S/C12H9FINO3S/c13-8-1-6-12(11(14)7-8)15-19(17,18)10-4-2-9(16)3-5-10/h1-7,15-16H. The number of hydrogen-bond acceptors (Lipinski definition) is 3. The van der Waals surface area contributed by atoms with Crippen LogP contribution in [0.1, 0.15) is 0 Å². The highest BCUT2D eigenvalue weighted by molar-refractivity contribution is 14.1. The van der Waals surface area contributed by atoms with Crippen molar-refractivity contribution in [2.45, 2.75) is 4.90 Å². The van der Waals surface area contributed by atoms with Crippen LogP contribution in [0, 0.1) is 9.39 Å². The number of halogens is 2. The first kappa shape index (κ1) is 14.1. The highest BCUT2D eigenvalue weighted by Crippen LogP contribution is 2.23. The number of sulfonamides is 1. The van der Waals surface area contributed by atoms with E-state index in [9.17, 15) is 12.8 Å². The summed E-state index contributed by atoms with van der Waals surface area (Å²) in [4.78, 5) is 0.0189. The Morgan fingerprint density at radius 1 is 1.11 bits per heavy atom. The van der Waals surface area contributed by atoms with Gasteiger partial charge in [-0.1, -0.05) is 0 Å². The average molecular weight is 393 g/mol. The van der Waals surface area contributed by atoms with Crippen molar-refractivity contribution < 1.29 is 17.9 Å². The Hall–Kier alpha value is -1.35. The minimum absolute atomic E-state index is 0.0182. The fourth-order valence-corrected chi connectivity index (χ4v) is 3.28. The minimum Gasteiger partial charge on any atom is -0.508 e. The third-order valence-corrected chi connectivity index (χ3v) is 4.60. The first-order valence-corrected chi connectivity index (χ1v) is 7.71. The molecule has 0 spiro atoms. The fraction of sp³-hybridized carbons (Fsp3) is 0. The van der Waals surface area contributed by atoms with Crippen molar-refractivity contribution in [3.8, 4) is 5.75 Å². The van der Waals surface area contributed by atoms with Crippen LogP contribution in [0.25, 0.3) is 0 Å². The van der Waals surface area contributed by atoms with E-state index in [1.54, 1.807) is 0 Å². The van der Waals surface area contributed by atoms with Gasteiger partial charge >= 0.3 is 0 Å². The molecule has 2 aromatic rings. The zero-order valence-corrected chi connectivity index (χ0v) is 12.4. The Morgan fingerprint density at radius 2 is 1.74 bits per heavy atom. The number of phenols is 1. The molecule has 2 rings (SSSR count). The summed E-state index contributed by atoms with van der Waals surface area (Å²) >= 11 is 1.84. The van der Waals surface area contributed by atoms with E-state index in [0.717, 1.165) is 0 Å². The normalized spacial score (nSPS) is 11.3. The molecule has 0 saturated carbocycles. The Kier molecular flexibility index (Phi) is 3.95. The number of phenolic OH excluding ortho intramolecular Hbond substituents is 1. The summed E-state index contributed by atoms with van der Waals surface area (Å²) in [5.41, 5.74) is 0.301. The van der Waals surface area contributed by atoms with Crippen LogP contribution in [0.2, 0.25) is 0 Å². The van der Waals surface area contributed by atoms with Crippen LogP contribution in [0.15, 0.2) is 47.4 Å². The number of aromatic hydroxyl groups is 1. The Balaban J connectivity index is 2.33. The molecular formula is C12H9FINO3S. The highest BCUT2D eigenvalue weighted by atomic mass is 127. The molecule has 7 heteroatoms. The molecule has 0 amide bonds. The smallest absolute Gasteiger partial charge is 0.261 e. The summed E-state index contributed by atoms with van der Waals surface area (Å²) in [6.45, 7) is 0. The van der Waals surface area contributed by atoms with Crippen LogP contribution in [-0.4, -0.2) is 13.5 Å². The number of hydrogen-bond donors (Lipinski definition) is 2. The lowest BCUT2D eigenvalue weighted by atomic mass is 10.3. The summed E-state index contributed by atoms with van der Waals surface area (Å²) in [5, 5.41) is 9.13. The number of benzene rings is 2. The molecule has 4 nitrogen and oxygen atoms in total. The molecule has 0 fully saturated rings. The van der Waals surface area contributed by atoms with Crippen molar-refractivity contribution in [1.82, 2.24) is 0 Å². The first-order valence-electron chi connectivity index (χ1n) is 5.15. The second-order valence-corrected chi connectivity index (χ2v) is 6.57. The second-order valence-electron chi connectivity index (χ2n) is 3.72. The molecule has 2 aromatic carbocycles. The zero-order chi connectivity index (χ0) is 14.0. The maximum absolute atomic E-state index is 12.9. The lowest BCUT2D eigenvalue weighted by Crippen LogP contribution is -2.13. The minimum atomic E-state index is -3.75. The third kappa shape index (κ3) is 3.35. The van der Waals surface area contributed by atoms with Gasteiger partial charge in [-0.15, -0.1) is 0 Å². The van der Waals surface area contributed by atoms with Crippen molar-refractivity contribution in [2.75, 3.05) is 4.72 Å². The Labute approximate surface area is 123 Å². The summed E-state index contributed by atoms with van der Waals surface area (Å²) < 4.78 is 39.9. The van der Waals surface area contributed by atoms with Gasteiger partial charge in [0, 0.05) is 3.57 Å². The molecule has 0 unspecified atom stereocenters. The summed E-state index contributed by atoms with van der Waals surface area (Å²) in [7, 11) is -3.75.